The fourth-order valence-corrected chi connectivity index (χ4v) is 3.39. The molecule has 1 atom stereocenters. The predicted molar refractivity (Wildman–Crippen MR) is 95.3 cm³/mol. The molecule has 0 saturated carbocycles. The number of imidazole rings is 1. The first-order valence-electron chi connectivity index (χ1n) is 8.43. The maximum Gasteiger partial charge on any atom is 0.222 e. The molecular weight excluding hydrogens is 300 g/mol. The standard InChI is InChI=1S/C18H22N6/c1-12(2)14-9-17(22-18(19)21-14)23-8-6-13(11-23)15-10-20-16-5-3-4-7-24(15)16/h3-5,7,9-10,12-13H,6,8,11H2,1-2H3,(H2,19,21,22). The SMILES string of the molecule is CC(C)c1cc(N2CCC(c3cnc4ccccn34)C2)nc(N)n1. The van der Waals surface area contributed by atoms with Gasteiger partial charge in [0.2, 0.25) is 5.95 Å². The summed E-state index contributed by atoms with van der Waals surface area (Å²) >= 11 is 0. The lowest BCUT2D eigenvalue weighted by molar-refractivity contribution is 0.734. The van der Waals surface area contributed by atoms with E-state index >= 15 is 0 Å². The molecule has 4 heterocycles. The Morgan fingerprint density at radius 2 is 2.12 bits per heavy atom. The van der Waals surface area contributed by atoms with Gasteiger partial charge in [-0.25, -0.2) is 9.97 Å². The van der Waals surface area contributed by atoms with Gasteiger partial charge in [-0.3, -0.25) is 0 Å². The van der Waals surface area contributed by atoms with E-state index in [2.05, 4.69) is 50.4 Å². The maximum atomic E-state index is 5.91. The highest BCUT2D eigenvalue weighted by Crippen LogP contribution is 2.31. The Balaban J connectivity index is 1.61. The molecule has 4 rings (SSSR count). The largest absolute Gasteiger partial charge is 0.368 e. The second kappa shape index (κ2) is 5.78. The molecule has 1 aliphatic heterocycles. The van der Waals surface area contributed by atoms with E-state index < -0.39 is 0 Å². The Morgan fingerprint density at radius 1 is 1.25 bits per heavy atom. The lowest BCUT2D eigenvalue weighted by Gasteiger charge is -2.19. The van der Waals surface area contributed by atoms with Crippen LogP contribution >= 0.6 is 0 Å². The number of nitrogen functional groups attached to an aromatic ring is 1. The number of rotatable bonds is 3. The molecule has 0 radical (unpaired) electrons. The fraction of sp³-hybridized carbons (Fsp3) is 0.389. The summed E-state index contributed by atoms with van der Waals surface area (Å²) in [6.07, 6.45) is 5.17. The van der Waals surface area contributed by atoms with E-state index in [9.17, 15) is 0 Å². The smallest absolute Gasteiger partial charge is 0.222 e. The summed E-state index contributed by atoms with van der Waals surface area (Å²) in [7, 11) is 0. The van der Waals surface area contributed by atoms with Gasteiger partial charge in [0.1, 0.15) is 11.5 Å². The van der Waals surface area contributed by atoms with Gasteiger partial charge in [0, 0.05) is 43.2 Å². The highest BCUT2D eigenvalue weighted by molar-refractivity contribution is 5.47. The highest BCUT2D eigenvalue weighted by Gasteiger charge is 2.27. The number of hydrogen-bond donors (Lipinski definition) is 1. The Labute approximate surface area is 141 Å². The van der Waals surface area contributed by atoms with E-state index in [1.54, 1.807) is 0 Å². The van der Waals surface area contributed by atoms with Crippen molar-refractivity contribution in [1.29, 1.82) is 0 Å². The molecule has 6 heteroatoms. The number of pyridine rings is 1. The summed E-state index contributed by atoms with van der Waals surface area (Å²) in [5.74, 6) is 2.07. The molecule has 124 valence electrons. The van der Waals surface area contributed by atoms with Crippen LogP contribution in [0.1, 0.15) is 43.5 Å². The van der Waals surface area contributed by atoms with Crippen molar-refractivity contribution in [3.63, 3.8) is 0 Å². The molecule has 1 saturated heterocycles. The lowest BCUT2D eigenvalue weighted by Crippen LogP contribution is -2.22. The first-order chi connectivity index (χ1) is 11.6. The molecule has 0 aromatic carbocycles. The van der Waals surface area contributed by atoms with Crippen molar-refractivity contribution >= 4 is 17.4 Å². The Hall–Kier alpha value is -2.63. The second-order valence-corrected chi connectivity index (χ2v) is 6.71. The van der Waals surface area contributed by atoms with Crippen LogP contribution in [-0.2, 0) is 0 Å². The fourth-order valence-electron chi connectivity index (χ4n) is 3.39. The van der Waals surface area contributed by atoms with E-state index in [0.29, 0.717) is 17.8 Å². The molecule has 24 heavy (non-hydrogen) atoms. The van der Waals surface area contributed by atoms with E-state index in [0.717, 1.165) is 36.7 Å². The zero-order valence-electron chi connectivity index (χ0n) is 14.1. The normalized spacial score (nSPS) is 18.0. The van der Waals surface area contributed by atoms with Crippen molar-refractivity contribution in [3.05, 3.63) is 48.0 Å². The van der Waals surface area contributed by atoms with Crippen molar-refractivity contribution < 1.29 is 0 Å². The van der Waals surface area contributed by atoms with Crippen LogP contribution in [0.5, 0.6) is 0 Å². The van der Waals surface area contributed by atoms with Crippen molar-refractivity contribution in [1.82, 2.24) is 19.4 Å². The molecule has 3 aromatic heterocycles. The van der Waals surface area contributed by atoms with Crippen LogP contribution < -0.4 is 10.6 Å². The first kappa shape index (κ1) is 14.9. The van der Waals surface area contributed by atoms with Crippen LogP contribution in [0.2, 0.25) is 0 Å². The van der Waals surface area contributed by atoms with E-state index in [1.165, 1.54) is 5.69 Å². The molecule has 1 aliphatic rings. The molecule has 0 bridgehead atoms. The molecule has 1 unspecified atom stereocenters. The molecule has 1 fully saturated rings. The Kier molecular flexibility index (Phi) is 3.59. The van der Waals surface area contributed by atoms with Crippen molar-refractivity contribution in [2.24, 2.45) is 0 Å². The number of nitrogens with two attached hydrogens (primary N) is 1. The van der Waals surface area contributed by atoms with Gasteiger partial charge in [-0.15, -0.1) is 0 Å². The predicted octanol–water partition coefficient (Wildman–Crippen LogP) is 2.82. The van der Waals surface area contributed by atoms with Gasteiger partial charge in [-0.1, -0.05) is 19.9 Å². The van der Waals surface area contributed by atoms with Crippen LogP contribution in [0, 0.1) is 0 Å². The van der Waals surface area contributed by atoms with Crippen LogP contribution in [0.4, 0.5) is 11.8 Å². The molecule has 6 nitrogen and oxygen atoms in total. The van der Waals surface area contributed by atoms with Crippen LogP contribution in [0.3, 0.4) is 0 Å². The van der Waals surface area contributed by atoms with Crippen LogP contribution in [0.15, 0.2) is 36.7 Å². The van der Waals surface area contributed by atoms with Crippen molar-refractivity contribution in [2.45, 2.75) is 32.1 Å². The highest BCUT2D eigenvalue weighted by atomic mass is 15.2. The summed E-state index contributed by atoms with van der Waals surface area (Å²) in [6.45, 7) is 6.14. The van der Waals surface area contributed by atoms with Crippen molar-refractivity contribution in [3.8, 4) is 0 Å². The number of nitrogens with zero attached hydrogens (tertiary/aromatic N) is 5. The molecule has 2 N–H and O–H groups in total. The Morgan fingerprint density at radius 3 is 2.96 bits per heavy atom. The van der Waals surface area contributed by atoms with Crippen LogP contribution in [0.25, 0.3) is 5.65 Å². The van der Waals surface area contributed by atoms with Crippen molar-refractivity contribution in [2.75, 3.05) is 23.7 Å². The molecular formula is C18H22N6. The molecule has 0 spiro atoms. The average molecular weight is 322 g/mol. The topological polar surface area (TPSA) is 72.3 Å². The monoisotopic (exact) mass is 322 g/mol. The summed E-state index contributed by atoms with van der Waals surface area (Å²) in [4.78, 5) is 15.6. The number of aromatic nitrogens is 4. The second-order valence-electron chi connectivity index (χ2n) is 6.71. The first-order valence-corrected chi connectivity index (χ1v) is 8.43. The van der Waals surface area contributed by atoms with Gasteiger partial charge in [0.15, 0.2) is 0 Å². The third-order valence-corrected chi connectivity index (χ3v) is 4.72. The zero-order chi connectivity index (χ0) is 16.7. The number of fused-ring (bicyclic) bond motifs is 1. The van der Waals surface area contributed by atoms with Crippen LogP contribution in [-0.4, -0.2) is 32.4 Å². The lowest BCUT2D eigenvalue weighted by atomic mass is 10.1. The van der Waals surface area contributed by atoms with Gasteiger partial charge in [-0.2, -0.15) is 4.98 Å². The summed E-state index contributed by atoms with van der Waals surface area (Å²) < 4.78 is 2.18. The third kappa shape index (κ3) is 2.58. The van der Waals surface area contributed by atoms with E-state index in [1.807, 2.05) is 24.4 Å². The Bertz CT molecular complexity index is 869. The average Bonchev–Trinajstić information content (AvgIpc) is 3.20. The van der Waals surface area contributed by atoms with Gasteiger partial charge >= 0.3 is 0 Å². The summed E-state index contributed by atoms with van der Waals surface area (Å²) in [5, 5.41) is 0. The molecule has 0 aliphatic carbocycles. The van der Waals surface area contributed by atoms with Gasteiger partial charge in [0.05, 0.1) is 5.69 Å². The summed E-state index contributed by atoms with van der Waals surface area (Å²) in [6, 6.07) is 8.17. The number of hydrogen-bond acceptors (Lipinski definition) is 5. The van der Waals surface area contributed by atoms with E-state index in [-0.39, 0.29) is 0 Å². The molecule has 3 aromatic rings. The quantitative estimate of drug-likeness (QED) is 0.803. The minimum atomic E-state index is 0.339. The zero-order valence-corrected chi connectivity index (χ0v) is 14.1. The van der Waals surface area contributed by atoms with Gasteiger partial charge in [0.25, 0.3) is 0 Å². The van der Waals surface area contributed by atoms with Gasteiger partial charge in [-0.05, 0) is 24.5 Å². The minimum Gasteiger partial charge on any atom is -0.368 e. The molecule has 0 amide bonds. The van der Waals surface area contributed by atoms with Gasteiger partial charge < -0.3 is 15.0 Å². The van der Waals surface area contributed by atoms with E-state index in [4.69, 9.17) is 5.73 Å². The third-order valence-electron chi connectivity index (χ3n) is 4.72. The minimum absolute atomic E-state index is 0.339. The number of anilines is 2. The maximum absolute atomic E-state index is 5.91. The summed E-state index contributed by atoms with van der Waals surface area (Å²) in [5.41, 5.74) is 9.16.